The van der Waals surface area contributed by atoms with E-state index >= 15 is 0 Å². The number of para-hydroxylation sites is 1. The van der Waals surface area contributed by atoms with E-state index < -0.39 is 5.97 Å². The van der Waals surface area contributed by atoms with Gasteiger partial charge in [0, 0.05) is 18.4 Å². The van der Waals surface area contributed by atoms with Crippen molar-refractivity contribution >= 4 is 35.1 Å². The predicted molar refractivity (Wildman–Crippen MR) is 107 cm³/mol. The lowest BCUT2D eigenvalue weighted by molar-refractivity contribution is -0.118. The number of nitrogens with zero attached hydrogens (tertiary/aromatic N) is 3. The fraction of sp³-hybridized carbons (Fsp3) is 0.368. The summed E-state index contributed by atoms with van der Waals surface area (Å²) in [7, 11) is 0. The highest BCUT2D eigenvalue weighted by atomic mass is 32.2. The maximum Gasteiger partial charge on any atom is 0.343 e. The summed E-state index contributed by atoms with van der Waals surface area (Å²) in [4.78, 5) is 34.9. The summed E-state index contributed by atoms with van der Waals surface area (Å²) in [6, 6.07) is 9.52. The van der Waals surface area contributed by atoms with Crippen molar-refractivity contribution in [2.45, 2.75) is 37.6 Å². The SMILES string of the molecule is CCOC(=O)c1cnc(S[C@H](CC)C(=O)N(CC)c2ccccc2)nc1N. The van der Waals surface area contributed by atoms with Gasteiger partial charge in [-0.3, -0.25) is 4.79 Å². The quantitative estimate of drug-likeness (QED) is 0.421. The second kappa shape index (κ2) is 9.91. The molecule has 0 bridgehead atoms. The standard InChI is InChI=1S/C19H24N4O3S/c1-4-15(17(24)23(5-2)13-10-8-7-9-11-13)27-19-21-12-14(16(20)22-19)18(25)26-6-3/h7-12,15H,4-6H2,1-3H3,(H2,20,21,22)/t15-/m1/s1. The first-order valence-electron chi connectivity index (χ1n) is 8.84. The minimum absolute atomic E-state index is 0.0205. The van der Waals surface area contributed by atoms with Crippen molar-refractivity contribution in [2.75, 3.05) is 23.8 Å². The van der Waals surface area contributed by atoms with Gasteiger partial charge in [0.15, 0.2) is 5.16 Å². The molecule has 0 aliphatic rings. The number of aromatic nitrogens is 2. The van der Waals surface area contributed by atoms with Crippen LogP contribution in [0.2, 0.25) is 0 Å². The molecule has 27 heavy (non-hydrogen) atoms. The number of nitrogens with two attached hydrogens (primary N) is 1. The fourth-order valence-electron chi connectivity index (χ4n) is 2.48. The zero-order chi connectivity index (χ0) is 19.8. The maximum atomic E-state index is 13.0. The third-order valence-corrected chi connectivity index (χ3v) is 5.06. The second-order valence-electron chi connectivity index (χ2n) is 5.60. The van der Waals surface area contributed by atoms with Crippen LogP contribution in [-0.2, 0) is 9.53 Å². The van der Waals surface area contributed by atoms with E-state index in [9.17, 15) is 9.59 Å². The zero-order valence-electron chi connectivity index (χ0n) is 15.7. The molecule has 1 heterocycles. The van der Waals surface area contributed by atoms with Crippen molar-refractivity contribution in [2.24, 2.45) is 0 Å². The van der Waals surface area contributed by atoms with Gasteiger partial charge in [-0.15, -0.1) is 0 Å². The highest BCUT2D eigenvalue weighted by Crippen LogP contribution is 2.27. The Bertz CT molecular complexity index is 786. The molecule has 2 N–H and O–H groups in total. The lowest BCUT2D eigenvalue weighted by Crippen LogP contribution is -2.37. The number of anilines is 2. The first kappa shape index (κ1) is 20.7. The van der Waals surface area contributed by atoms with E-state index in [2.05, 4.69) is 9.97 Å². The Morgan fingerprint density at radius 2 is 1.93 bits per heavy atom. The summed E-state index contributed by atoms with van der Waals surface area (Å²) in [5.41, 5.74) is 6.84. The Morgan fingerprint density at radius 3 is 2.48 bits per heavy atom. The first-order valence-corrected chi connectivity index (χ1v) is 9.72. The van der Waals surface area contributed by atoms with Crippen molar-refractivity contribution in [3.05, 3.63) is 42.1 Å². The molecule has 0 saturated carbocycles. The number of carbonyl (C=O) groups is 2. The molecule has 0 radical (unpaired) electrons. The maximum absolute atomic E-state index is 13.0. The molecular weight excluding hydrogens is 364 g/mol. The number of thioether (sulfide) groups is 1. The molecule has 0 aliphatic heterocycles. The minimum atomic E-state index is -0.559. The van der Waals surface area contributed by atoms with Gasteiger partial charge in [-0.25, -0.2) is 14.8 Å². The number of esters is 1. The number of rotatable bonds is 8. The summed E-state index contributed by atoms with van der Waals surface area (Å²) >= 11 is 1.24. The molecule has 7 nitrogen and oxygen atoms in total. The number of hydrogen-bond donors (Lipinski definition) is 1. The number of ether oxygens (including phenoxy) is 1. The number of amides is 1. The van der Waals surface area contributed by atoms with Crippen LogP contribution in [0.5, 0.6) is 0 Å². The first-order chi connectivity index (χ1) is 13.0. The lowest BCUT2D eigenvalue weighted by Gasteiger charge is -2.25. The van der Waals surface area contributed by atoms with E-state index in [-0.39, 0.29) is 29.1 Å². The molecule has 1 amide bonds. The van der Waals surface area contributed by atoms with E-state index in [0.29, 0.717) is 18.1 Å². The highest BCUT2D eigenvalue weighted by Gasteiger charge is 2.25. The Hall–Kier alpha value is -2.61. The van der Waals surface area contributed by atoms with Crippen LogP contribution >= 0.6 is 11.8 Å². The fourth-order valence-corrected chi connectivity index (χ4v) is 3.40. The van der Waals surface area contributed by atoms with Crippen molar-refractivity contribution in [1.82, 2.24) is 9.97 Å². The van der Waals surface area contributed by atoms with Gasteiger partial charge >= 0.3 is 5.97 Å². The van der Waals surface area contributed by atoms with Crippen LogP contribution in [0.4, 0.5) is 11.5 Å². The molecule has 0 aliphatic carbocycles. The Morgan fingerprint density at radius 1 is 1.22 bits per heavy atom. The molecule has 0 spiro atoms. The van der Waals surface area contributed by atoms with Gasteiger partial charge in [0.05, 0.1) is 11.9 Å². The molecule has 1 aromatic heterocycles. The van der Waals surface area contributed by atoms with Crippen molar-refractivity contribution in [3.8, 4) is 0 Å². The van der Waals surface area contributed by atoms with Crippen LogP contribution in [-0.4, -0.2) is 40.2 Å². The summed E-state index contributed by atoms with van der Waals surface area (Å²) in [5.74, 6) is -0.535. The number of nitrogen functional groups attached to an aromatic ring is 1. The monoisotopic (exact) mass is 388 g/mol. The van der Waals surface area contributed by atoms with Crippen LogP contribution in [0.3, 0.4) is 0 Å². The molecule has 0 saturated heterocycles. The predicted octanol–water partition coefficient (Wildman–Crippen LogP) is 3.16. The topological polar surface area (TPSA) is 98.4 Å². The Kier molecular flexibility index (Phi) is 7.60. The van der Waals surface area contributed by atoms with Gasteiger partial charge in [0.25, 0.3) is 0 Å². The number of hydrogen-bond acceptors (Lipinski definition) is 7. The van der Waals surface area contributed by atoms with Gasteiger partial charge in [0.2, 0.25) is 5.91 Å². The largest absolute Gasteiger partial charge is 0.462 e. The normalized spacial score (nSPS) is 11.7. The summed E-state index contributed by atoms with van der Waals surface area (Å²) < 4.78 is 4.92. The molecule has 144 valence electrons. The lowest BCUT2D eigenvalue weighted by atomic mass is 10.2. The van der Waals surface area contributed by atoms with E-state index in [0.717, 1.165) is 5.69 Å². The molecule has 0 fully saturated rings. The average Bonchev–Trinajstić information content (AvgIpc) is 2.67. The molecule has 2 aromatic rings. The van der Waals surface area contributed by atoms with Gasteiger partial charge in [-0.05, 0) is 32.4 Å². The number of benzene rings is 1. The second-order valence-corrected chi connectivity index (χ2v) is 6.77. The Balaban J connectivity index is 2.17. The van der Waals surface area contributed by atoms with Crippen LogP contribution in [0, 0.1) is 0 Å². The molecular formula is C19H24N4O3S. The number of carbonyl (C=O) groups excluding carboxylic acids is 2. The van der Waals surface area contributed by atoms with E-state index in [1.165, 1.54) is 18.0 Å². The van der Waals surface area contributed by atoms with Crippen LogP contribution < -0.4 is 10.6 Å². The van der Waals surface area contributed by atoms with Crippen molar-refractivity contribution < 1.29 is 14.3 Å². The van der Waals surface area contributed by atoms with Gasteiger partial charge in [0.1, 0.15) is 11.4 Å². The Labute approximate surface area is 163 Å². The van der Waals surface area contributed by atoms with Crippen LogP contribution in [0.15, 0.2) is 41.7 Å². The zero-order valence-corrected chi connectivity index (χ0v) is 16.5. The molecule has 0 unspecified atom stereocenters. The minimum Gasteiger partial charge on any atom is -0.462 e. The van der Waals surface area contributed by atoms with Gasteiger partial charge < -0.3 is 15.4 Å². The van der Waals surface area contributed by atoms with Crippen LogP contribution in [0.25, 0.3) is 0 Å². The third kappa shape index (κ3) is 5.19. The smallest absolute Gasteiger partial charge is 0.343 e. The van der Waals surface area contributed by atoms with Crippen LogP contribution in [0.1, 0.15) is 37.6 Å². The van der Waals surface area contributed by atoms with E-state index in [1.54, 1.807) is 11.8 Å². The molecule has 1 atom stereocenters. The molecule has 2 rings (SSSR count). The summed E-state index contributed by atoms with van der Waals surface area (Å²) in [6.45, 7) is 6.39. The summed E-state index contributed by atoms with van der Waals surface area (Å²) in [6.07, 6.45) is 1.95. The highest BCUT2D eigenvalue weighted by molar-refractivity contribution is 8.00. The van der Waals surface area contributed by atoms with Gasteiger partial charge in [-0.1, -0.05) is 36.9 Å². The molecule has 8 heteroatoms. The van der Waals surface area contributed by atoms with E-state index in [4.69, 9.17) is 10.5 Å². The average molecular weight is 388 g/mol. The van der Waals surface area contributed by atoms with Gasteiger partial charge in [-0.2, -0.15) is 0 Å². The molecule has 1 aromatic carbocycles. The van der Waals surface area contributed by atoms with Crippen molar-refractivity contribution in [1.29, 1.82) is 0 Å². The third-order valence-electron chi connectivity index (χ3n) is 3.84. The van der Waals surface area contributed by atoms with Crippen molar-refractivity contribution in [3.63, 3.8) is 0 Å². The van der Waals surface area contributed by atoms with E-state index in [1.807, 2.05) is 44.2 Å². The summed E-state index contributed by atoms with van der Waals surface area (Å²) in [5, 5.41) is -0.0112.